The second-order valence-electron chi connectivity index (χ2n) is 3.02. The maximum Gasteiger partial charge on any atom is 0.321 e. The van der Waals surface area contributed by atoms with Gasteiger partial charge in [-0.1, -0.05) is 0 Å². The number of rotatable bonds is 4. The smallest absolute Gasteiger partial charge is 0.321 e. The topological polar surface area (TPSA) is 71.4 Å². The molecule has 0 aliphatic rings. The lowest BCUT2D eigenvalue weighted by Gasteiger charge is -2.06. The van der Waals surface area contributed by atoms with Crippen LogP contribution in [0.15, 0.2) is 15.9 Å². The number of aliphatic carboxylic acids is 1. The van der Waals surface area contributed by atoms with E-state index >= 15 is 0 Å². The van der Waals surface area contributed by atoms with E-state index in [1.54, 1.807) is 11.4 Å². The molecule has 84 valence electrons. The van der Waals surface area contributed by atoms with E-state index in [0.717, 1.165) is 4.47 Å². The molecule has 0 fully saturated rings. The highest BCUT2D eigenvalue weighted by Crippen LogP contribution is 2.23. The van der Waals surface area contributed by atoms with Gasteiger partial charge in [0.05, 0.1) is 5.75 Å². The van der Waals surface area contributed by atoms with Gasteiger partial charge in [0.2, 0.25) is 0 Å². The van der Waals surface area contributed by atoms with Gasteiger partial charge in [-0.25, -0.2) is 8.42 Å². The fourth-order valence-electron chi connectivity index (χ4n) is 0.906. The van der Waals surface area contributed by atoms with Gasteiger partial charge in [-0.2, -0.15) is 0 Å². The van der Waals surface area contributed by atoms with Crippen LogP contribution in [0.5, 0.6) is 0 Å². The van der Waals surface area contributed by atoms with Gasteiger partial charge in [-0.05, 0) is 28.9 Å². The molecular weight excluding hydrogens is 304 g/mol. The zero-order chi connectivity index (χ0) is 11.6. The highest BCUT2D eigenvalue weighted by molar-refractivity contribution is 9.10. The Morgan fingerprint density at radius 1 is 1.67 bits per heavy atom. The molecule has 1 rings (SSSR count). The van der Waals surface area contributed by atoms with Crippen LogP contribution in [-0.4, -0.2) is 24.7 Å². The van der Waals surface area contributed by atoms with Gasteiger partial charge in [0, 0.05) is 14.7 Å². The molecule has 0 aromatic carbocycles. The zero-order valence-electron chi connectivity index (χ0n) is 7.81. The first kappa shape index (κ1) is 12.7. The van der Waals surface area contributed by atoms with Crippen LogP contribution in [0.1, 0.15) is 11.8 Å². The van der Waals surface area contributed by atoms with Crippen molar-refractivity contribution in [2.75, 3.05) is 0 Å². The van der Waals surface area contributed by atoms with Crippen molar-refractivity contribution in [1.82, 2.24) is 0 Å². The van der Waals surface area contributed by atoms with Crippen molar-refractivity contribution in [3.63, 3.8) is 0 Å². The molecule has 0 saturated heterocycles. The fraction of sp³-hybridized carbons (Fsp3) is 0.375. The third kappa shape index (κ3) is 3.29. The van der Waals surface area contributed by atoms with Crippen molar-refractivity contribution in [2.45, 2.75) is 17.9 Å². The van der Waals surface area contributed by atoms with E-state index in [-0.39, 0.29) is 5.75 Å². The lowest BCUT2D eigenvalue weighted by molar-refractivity contribution is -0.136. The van der Waals surface area contributed by atoms with Crippen molar-refractivity contribution >= 4 is 43.1 Å². The average Bonchev–Trinajstić information content (AvgIpc) is 2.48. The van der Waals surface area contributed by atoms with E-state index in [1.807, 2.05) is 0 Å². The third-order valence-electron chi connectivity index (χ3n) is 1.85. The number of carboxylic acids is 1. The molecule has 0 bridgehead atoms. The van der Waals surface area contributed by atoms with Gasteiger partial charge in [0.15, 0.2) is 15.1 Å². The summed E-state index contributed by atoms with van der Waals surface area (Å²) in [5, 5.41) is 9.01. The Morgan fingerprint density at radius 2 is 2.27 bits per heavy atom. The highest BCUT2D eigenvalue weighted by Gasteiger charge is 2.28. The minimum Gasteiger partial charge on any atom is -0.480 e. The van der Waals surface area contributed by atoms with Crippen LogP contribution >= 0.6 is 27.3 Å². The van der Waals surface area contributed by atoms with Gasteiger partial charge >= 0.3 is 5.97 Å². The van der Waals surface area contributed by atoms with Gasteiger partial charge in [-0.15, -0.1) is 11.3 Å². The molecule has 1 heterocycles. The van der Waals surface area contributed by atoms with E-state index < -0.39 is 21.1 Å². The van der Waals surface area contributed by atoms with Gasteiger partial charge in [0.25, 0.3) is 0 Å². The number of hydrogen-bond donors (Lipinski definition) is 1. The number of halogens is 1. The Kier molecular flexibility index (Phi) is 3.91. The minimum absolute atomic E-state index is 0.225. The lowest BCUT2D eigenvalue weighted by Crippen LogP contribution is -2.27. The van der Waals surface area contributed by atoms with Crippen LogP contribution in [0, 0.1) is 0 Å². The van der Waals surface area contributed by atoms with Crippen LogP contribution < -0.4 is 0 Å². The molecular formula is C8H9BrO4S2. The third-order valence-corrected chi connectivity index (χ3v) is 5.72. The summed E-state index contributed by atoms with van der Waals surface area (Å²) in [7, 11) is -3.61. The summed E-state index contributed by atoms with van der Waals surface area (Å²) in [6.45, 7) is 1.18. The Balaban J connectivity index is 2.86. The van der Waals surface area contributed by atoms with E-state index in [0.29, 0.717) is 4.88 Å². The molecule has 1 N–H and O–H groups in total. The quantitative estimate of drug-likeness (QED) is 0.921. The average molecular weight is 313 g/mol. The summed E-state index contributed by atoms with van der Waals surface area (Å²) < 4.78 is 23.9. The molecule has 0 amide bonds. The summed E-state index contributed by atoms with van der Waals surface area (Å²) in [6, 6.07) is 1.68. The van der Waals surface area contributed by atoms with E-state index in [4.69, 9.17) is 5.11 Å². The minimum atomic E-state index is -3.61. The standard InChI is InChI=1S/C8H9BrO4S2/c1-5(8(10)11)15(12,13)4-7-2-6(9)3-14-7/h2-3,5H,4H2,1H3,(H,10,11). The van der Waals surface area contributed by atoms with Crippen LogP contribution in [0.3, 0.4) is 0 Å². The molecule has 0 radical (unpaired) electrons. The number of sulfone groups is 1. The van der Waals surface area contributed by atoms with Gasteiger partial charge in [-0.3, -0.25) is 4.79 Å². The maximum atomic E-state index is 11.6. The molecule has 15 heavy (non-hydrogen) atoms. The predicted octanol–water partition coefficient (Wildman–Crippen LogP) is 1.90. The lowest BCUT2D eigenvalue weighted by atomic mass is 10.5. The highest BCUT2D eigenvalue weighted by atomic mass is 79.9. The second kappa shape index (κ2) is 4.63. The normalized spacial score (nSPS) is 13.7. The summed E-state index contributed by atoms with van der Waals surface area (Å²) >= 11 is 4.49. The molecule has 1 aromatic heterocycles. The van der Waals surface area contributed by atoms with Crippen molar-refractivity contribution in [3.05, 3.63) is 20.8 Å². The number of hydrogen-bond acceptors (Lipinski definition) is 4. The summed E-state index contributed by atoms with van der Waals surface area (Å²) in [5.74, 6) is -1.54. The van der Waals surface area contributed by atoms with E-state index in [9.17, 15) is 13.2 Å². The van der Waals surface area contributed by atoms with Crippen molar-refractivity contribution in [2.24, 2.45) is 0 Å². The summed E-state index contributed by atoms with van der Waals surface area (Å²) in [5.41, 5.74) is 0. The molecule has 0 spiro atoms. The monoisotopic (exact) mass is 312 g/mol. The van der Waals surface area contributed by atoms with Crippen LogP contribution in [0.2, 0.25) is 0 Å². The van der Waals surface area contributed by atoms with Gasteiger partial charge in [0.1, 0.15) is 0 Å². The van der Waals surface area contributed by atoms with Crippen molar-refractivity contribution in [1.29, 1.82) is 0 Å². The van der Waals surface area contributed by atoms with Crippen LogP contribution in [0.25, 0.3) is 0 Å². The first-order valence-electron chi connectivity index (χ1n) is 4.00. The van der Waals surface area contributed by atoms with E-state index in [2.05, 4.69) is 15.9 Å². The predicted molar refractivity (Wildman–Crippen MR) is 61.7 cm³/mol. The Morgan fingerprint density at radius 3 is 2.67 bits per heavy atom. The molecule has 0 aliphatic heterocycles. The van der Waals surface area contributed by atoms with Gasteiger partial charge < -0.3 is 5.11 Å². The Bertz CT molecular complexity index is 463. The summed E-state index contributed by atoms with van der Waals surface area (Å²) in [4.78, 5) is 11.2. The number of carboxylic acid groups (broad SMARTS) is 1. The van der Waals surface area contributed by atoms with E-state index in [1.165, 1.54) is 18.3 Å². The first-order chi connectivity index (χ1) is 6.83. The molecule has 1 unspecified atom stereocenters. The summed E-state index contributed by atoms with van der Waals surface area (Å²) in [6.07, 6.45) is 0. The maximum absolute atomic E-state index is 11.6. The first-order valence-corrected chi connectivity index (χ1v) is 7.39. The van der Waals surface area contributed by atoms with Crippen LogP contribution in [0.4, 0.5) is 0 Å². The fourth-order valence-corrected chi connectivity index (χ4v) is 3.94. The van der Waals surface area contributed by atoms with Crippen LogP contribution in [-0.2, 0) is 20.4 Å². The second-order valence-corrected chi connectivity index (χ2v) is 7.25. The molecule has 4 nitrogen and oxygen atoms in total. The number of thiophene rings is 1. The molecule has 0 saturated carbocycles. The van der Waals surface area contributed by atoms with Crippen molar-refractivity contribution in [3.8, 4) is 0 Å². The van der Waals surface area contributed by atoms with Crippen molar-refractivity contribution < 1.29 is 18.3 Å². The Labute approximate surface area is 100.0 Å². The molecule has 1 atom stereocenters. The molecule has 1 aromatic rings. The number of carbonyl (C=O) groups is 1. The Hall–Kier alpha value is -0.400. The SMILES string of the molecule is CC(C(=O)O)S(=O)(=O)Cc1cc(Br)cs1. The molecule has 7 heteroatoms. The zero-order valence-corrected chi connectivity index (χ0v) is 11.0. The largest absolute Gasteiger partial charge is 0.480 e. The molecule has 0 aliphatic carbocycles.